The minimum absolute atomic E-state index is 0.342. The summed E-state index contributed by atoms with van der Waals surface area (Å²) in [5.41, 5.74) is 0.167. The van der Waals surface area contributed by atoms with E-state index in [0.29, 0.717) is 16.9 Å². The Labute approximate surface area is 124 Å². The topological polar surface area (TPSA) is 88.3 Å². The molecule has 0 bridgehead atoms. The number of carboxylic acid groups (broad SMARTS) is 1. The van der Waals surface area contributed by atoms with Crippen molar-refractivity contribution in [3.8, 4) is 0 Å². The summed E-state index contributed by atoms with van der Waals surface area (Å²) < 4.78 is 1.14. The van der Waals surface area contributed by atoms with Crippen molar-refractivity contribution in [3.63, 3.8) is 0 Å². The molecule has 3 rings (SSSR count). The average molecular weight is 306 g/mol. The number of aromatic nitrogens is 3. The van der Waals surface area contributed by atoms with Crippen molar-refractivity contribution < 1.29 is 9.90 Å². The lowest BCUT2D eigenvalue weighted by Gasteiger charge is -2.26. The molecule has 0 aromatic carbocycles. The summed E-state index contributed by atoms with van der Waals surface area (Å²) in [6.45, 7) is 1.43. The van der Waals surface area contributed by atoms with E-state index >= 15 is 0 Å². The molecule has 2 aromatic heterocycles. The first-order chi connectivity index (χ1) is 10.1. The highest BCUT2D eigenvalue weighted by Gasteiger charge is 2.15. The van der Waals surface area contributed by atoms with Crippen molar-refractivity contribution in [2.75, 3.05) is 29.5 Å². The van der Waals surface area contributed by atoms with E-state index in [4.69, 9.17) is 5.11 Å². The molecule has 0 radical (unpaired) electrons. The number of rotatable bonds is 3. The van der Waals surface area contributed by atoms with Gasteiger partial charge in [-0.1, -0.05) is 0 Å². The number of fused-ring (bicyclic) bond motifs is 1. The highest BCUT2D eigenvalue weighted by Crippen LogP contribution is 2.17. The molecule has 3 heterocycles. The lowest BCUT2D eigenvalue weighted by Crippen LogP contribution is -2.34. The number of thioether (sulfide) groups is 1. The maximum Gasteiger partial charge on any atom is 0.323 e. The smallest absolute Gasteiger partial charge is 0.323 e. The van der Waals surface area contributed by atoms with Crippen molar-refractivity contribution in [2.24, 2.45) is 0 Å². The van der Waals surface area contributed by atoms with Crippen molar-refractivity contribution in [1.29, 1.82) is 0 Å². The second-order valence-corrected chi connectivity index (χ2v) is 5.94. The Hall–Kier alpha value is -2.09. The highest BCUT2D eigenvalue weighted by molar-refractivity contribution is 7.99. The van der Waals surface area contributed by atoms with Gasteiger partial charge in [0, 0.05) is 37.0 Å². The maximum absolute atomic E-state index is 12.2. The van der Waals surface area contributed by atoms with Crippen molar-refractivity contribution >= 4 is 34.6 Å². The van der Waals surface area contributed by atoms with Crippen LogP contribution in [-0.4, -0.2) is 50.2 Å². The zero-order valence-electron chi connectivity index (χ0n) is 11.2. The molecular formula is C13H14N4O3S. The third-order valence-electron chi connectivity index (χ3n) is 3.31. The van der Waals surface area contributed by atoms with Gasteiger partial charge in [-0.3, -0.25) is 9.59 Å². The molecule has 0 atom stereocenters. The van der Waals surface area contributed by atoms with E-state index in [1.165, 1.54) is 12.4 Å². The molecule has 0 spiro atoms. The van der Waals surface area contributed by atoms with E-state index in [-0.39, 0.29) is 12.1 Å². The van der Waals surface area contributed by atoms with Crippen molar-refractivity contribution in [1.82, 2.24) is 14.5 Å². The normalized spacial score (nSPS) is 15.3. The zero-order chi connectivity index (χ0) is 14.8. The molecule has 8 heteroatoms. The molecule has 2 aromatic rings. The Morgan fingerprint density at radius 1 is 1.38 bits per heavy atom. The van der Waals surface area contributed by atoms with Gasteiger partial charge in [0.15, 0.2) is 0 Å². The van der Waals surface area contributed by atoms with Gasteiger partial charge >= 0.3 is 5.97 Å². The van der Waals surface area contributed by atoms with Crippen LogP contribution in [-0.2, 0) is 11.3 Å². The van der Waals surface area contributed by atoms with Gasteiger partial charge in [-0.15, -0.1) is 0 Å². The summed E-state index contributed by atoms with van der Waals surface area (Å²) in [6, 6.07) is 1.66. The molecule has 1 saturated heterocycles. The van der Waals surface area contributed by atoms with Crippen LogP contribution >= 0.6 is 11.8 Å². The molecule has 0 amide bonds. The number of nitrogens with zero attached hydrogens (tertiary/aromatic N) is 4. The minimum Gasteiger partial charge on any atom is -0.480 e. The van der Waals surface area contributed by atoms with Gasteiger partial charge in [-0.25, -0.2) is 9.97 Å². The van der Waals surface area contributed by atoms with Crippen LogP contribution < -0.4 is 10.5 Å². The van der Waals surface area contributed by atoms with E-state index in [2.05, 4.69) is 14.9 Å². The van der Waals surface area contributed by atoms with E-state index in [9.17, 15) is 9.59 Å². The Kier molecular flexibility index (Phi) is 3.78. The van der Waals surface area contributed by atoms with Crippen LogP contribution in [0.4, 0.5) is 5.95 Å². The second kappa shape index (κ2) is 5.72. The summed E-state index contributed by atoms with van der Waals surface area (Å²) in [5, 5.41) is 9.12. The van der Waals surface area contributed by atoms with Crippen LogP contribution in [0.15, 0.2) is 23.3 Å². The monoisotopic (exact) mass is 306 g/mol. The highest BCUT2D eigenvalue weighted by atomic mass is 32.2. The number of anilines is 1. The third-order valence-corrected chi connectivity index (χ3v) is 4.25. The summed E-state index contributed by atoms with van der Waals surface area (Å²) in [5.74, 6) is 1.65. The van der Waals surface area contributed by atoms with Gasteiger partial charge in [0.05, 0.1) is 10.9 Å². The molecule has 0 aliphatic carbocycles. The lowest BCUT2D eigenvalue weighted by molar-refractivity contribution is -0.137. The van der Waals surface area contributed by atoms with Gasteiger partial charge in [-0.2, -0.15) is 11.8 Å². The molecule has 0 unspecified atom stereocenters. The lowest BCUT2D eigenvalue weighted by atomic mass is 10.3. The fraction of sp³-hybridized carbons (Fsp3) is 0.385. The Morgan fingerprint density at radius 3 is 2.86 bits per heavy atom. The van der Waals surface area contributed by atoms with Gasteiger partial charge in [0.25, 0.3) is 5.56 Å². The number of carbonyl (C=O) groups is 1. The Morgan fingerprint density at radius 2 is 2.14 bits per heavy atom. The van der Waals surface area contributed by atoms with E-state index < -0.39 is 5.97 Å². The number of aliphatic carboxylic acids is 1. The number of pyridine rings is 1. The largest absolute Gasteiger partial charge is 0.480 e. The fourth-order valence-electron chi connectivity index (χ4n) is 2.25. The van der Waals surface area contributed by atoms with Crippen LogP contribution in [0.2, 0.25) is 0 Å². The fourth-order valence-corrected chi connectivity index (χ4v) is 3.15. The molecule has 0 saturated carbocycles. The molecular weight excluding hydrogens is 292 g/mol. The molecule has 7 nitrogen and oxygen atoms in total. The molecule has 1 N–H and O–H groups in total. The first-order valence-corrected chi connectivity index (χ1v) is 7.71. The van der Waals surface area contributed by atoms with Gasteiger partial charge in [0.2, 0.25) is 5.95 Å². The molecule has 1 fully saturated rings. The Balaban J connectivity index is 1.99. The predicted octanol–water partition coefficient (Wildman–Crippen LogP) is 0.429. The maximum atomic E-state index is 12.2. The third kappa shape index (κ3) is 2.85. The Bertz CT molecular complexity index is 740. The first kappa shape index (κ1) is 13.9. The number of hydrogen-bond donors (Lipinski definition) is 1. The molecule has 1 aliphatic heterocycles. The summed E-state index contributed by atoms with van der Waals surface area (Å²) >= 11 is 1.90. The van der Waals surface area contributed by atoms with E-state index in [1.807, 2.05) is 11.8 Å². The summed E-state index contributed by atoms with van der Waals surface area (Å²) in [6.07, 6.45) is 2.95. The average Bonchev–Trinajstić information content (AvgIpc) is 2.50. The minimum atomic E-state index is -1.06. The first-order valence-electron chi connectivity index (χ1n) is 6.56. The zero-order valence-corrected chi connectivity index (χ0v) is 12.0. The number of hydrogen-bond acceptors (Lipinski definition) is 6. The SMILES string of the molecule is O=C(O)Cn1ccc2nc(N3CCSCC3)ncc2c1=O. The summed E-state index contributed by atoms with van der Waals surface area (Å²) in [4.78, 5) is 33.6. The molecule has 110 valence electrons. The van der Waals surface area contributed by atoms with E-state index in [1.54, 1.807) is 6.07 Å². The molecule has 21 heavy (non-hydrogen) atoms. The van der Waals surface area contributed by atoms with E-state index in [0.717, 1.165) is 29.2 Å². The van der Waals surface area contributed by atoms with Crippen LogP contribution in [0, 0.1) is 0 Å². The standard InChI is InChI=1S/C13H14N4O3S/c18-11(19)8-17-2-1-10-9(12(17)20)7-14-13(15-10)16-3-5-21-6-4-16/h1-2,7H,3-6,8H2,(H,18,19). The predicted molar refractivity (Wildman–Crippen MR) is 81.0 cm³/mol. The van der Waals surface area contributed by atoms with Crippen molar-refractivity contribution in [3.05, 3.63) is 28.8 Å². The second-order valence-electron chi connectivity index (χ2n) is 4.71. The number of carboxylic acids is 1. The van der Waals surface area contributed by atoms with Crippen LogP contribution in [0.25, 0.3) is 10.9 Å². The quantitative estimate of drug-likeness (QED) is 0.879. The van der Waals surface area contributed by atoms with Crippen LogP contribution in [0.5, 0.6) is 0 Å². The van der Waals surface area contributed by atoms with Crippen LogP contribution in [0.1, 0.15) is 0 Å². The van der Waals surface area contributed by atoms with Crippen LogP contribution in [0.3, 0.4) is 0 Å². The van der Waals surface area contributed by atoms with Crippen molar-refractivity contribution in [2.45, 2.75) is 6.54 Å². The van der Waals surface area contributed by atoms with Gasteiger partial charge in [-0.05, 0) is 6.07 Å². The van der Waals surface area contributed by atoms with Gasteiger partial charge < -0.3 is 14.6 Å². The molecule has 1 aliphatic rings. The van der Waals surface area contributed by atoms with Gasteiger partial charge in [0.1, 0.15) is 6.54 Å². The summed E-state index contributed by atoms with van der Waals surface area (Å²) in [7, 11) is 0.